The van der Waals surface area contributed by atoms with Crippen LogP contribution in [0.15, 0.2) is 48.8 Å². The Morgan fingerprint density at radius 3 is 2.70 bits per heavy atom. The van der Waals surface area contributed by atoms with Crippen LogP contribution in [0, 0.1) is 5.82 Å². The number of ether oxygens (including phenoxy) is 1. The quantitative estimate of drug-likeness (QED) is 0.778. The first kappa shape index (κ1) is 12.2. The van der Waals surface area contributed by atoms with Gasteiger partial charge in [0.15, 0.2) is 11.4 Å². The number of nitrogens with zero attached hydrogens (tertiary/aromatic N) is 2. The molecule has 0 bridgehead atoms. The molecule has 0 atom stereocenters. The first-order chi connectivity index (χ1) is 9.63. The number of pyridine rings is 1. The van der Waals surface area contributed by atoms with Crippen molar-refractivity contribution in [2.45, 2.75) is 0 Å². The maximum atomic E-state index is 12.9. The van der Waals surface area contributed by atoms with Gasteiger partial charge in [0.1, 0.15) is 5.82 Å². The van der Waals surface area contributed by atoms with E-state index < -0.39 is 6.09 Å². The third kappa shape index (κ3) is 2.18. The van der Waals surface area contributed by atoms with Crippen molar-refractivity contribution < 1.29 is 13.9 Å². The van der Waals surface area contributed by atoms with Crippen LogP contribution >= 0.6 is 0 Å². The highest BCUT2D eigenvalue weighted by atomic mass is 19.1. The molecule has 100 valence electrons. The van der Waals surface area contributed by atoms with E-state index in [9.17, 15) is 9.18 Å². The van der Waals surface area contributed by atoms with Crippen LogP contribution in [0.25, 0.3) is 16.9 Å². The number of aromatic nitrogens is 2. The number of imidazole rings is 1. The lowest BCUT2D eigenvalue weighted by atomic mass is 10.2. The molecule has 3 rings (SSSR count). The van der Waals surface area contributed by atoms with E-state index >= 15 is 0 Å². The van der Waals surface area contributed by atoms with Gasteiger partial charge in [-0.2, -0.15) is 0 Å². The summed E-state index contributed by atoms with van der Waals surface area (Å²) in [6.45, 7) is 0. The van der Waals surface area contributed by atoms with Crippen molar-refractivity contribution in [3.05, 3.63) is 54.6 Å². The van der Waals surface area contributed by atoms with Crippen molar-refractivity contribution in [3.8, 4) is 17.0 Å². The first-order valence-electron chi connectivity index (χ1n) is 5.84. The Bertz CT molecular complexity index is 781. The number of hydrogen-bond donors (Lipinski definition) is 1. The predicted octanol–water partition coefficient (Wildman–Crippen LogP) is 2.60. The Balaban J connectivity index is 2.10. The van der Waals surface area contributed by atoms with Crippen LogP contribution in [0.4, 0.5) is 9.18 Å². The molecule has 0 aliphatic rings. The Morgan fingerprint density at radius 2 is 2.00 bits per heavy atom. The fourth-order valence-electron chi connectivity index (χ4n) is 1.94. The van der Waals surface area contributed by atoms with E-state index in [2.05, 4.69) is 4.98 Å². The molecule has 0 aliphatic heterocycles. The maximum absolute atomic E-state index is 12.9. The minimum Gasteiger partial charge on any atom is -0.406 e. The van der Waals surface area contributed by atoms with Crippen LogP contribution < -0.4 is 10.5 Å². The van der Waals surface area contributed by atoms with Gasteiger partial charge in [0.25, 0.3) is 0 Å². The van der Waals surface area contributed by atoms with E-state index in [0.717, 1.165) is 5.56 Å². The fraction of sp³-hybridized carbons (Fsp3) is 0. The van der Waals surface area contributed by atoms with E-state index in [-0.39, 0.29) is 11.6 Å². The highest BCUT2D eigenvalue weighted by Crippen LogP contribution is 2.24. The summed E-state index contributed by atoms with van der Waals surface area (Å²) < 4.78 is 19.5. The van der Waals surface area contributed by atoms with Gasteiger partial charge in [-0.05, 0) is 36.4 Å². The van der Waals surface area contributed by atoms with Crippen LogP contribution in [-0.4, -0.2) is 15.5 Å². The summed E-state index contributed by atoms with van der Waals surface area (Å²) >= 11 is 0. The zero-order chi connectivity index (χ0) is 14.1. The normalized spacial score (nSPS) is 10.7. The summed E-state index contributed by atoms with van der Waals surface area (Å²) in [6, 6.07) is 9.29. The zero-order valence-electron chi connectivity index (χ0n) is 10.3. The zero-order valence-corrected chi connectivity index (χ0v) is 10.3. The number of rotatable bonds is 2. The molecule has 6 heteroatoms. The van der Waals surface area contributed by atoms with E-state index in [0.29, 0.717) is 11.3 Å². The summed E-state index contributed by atoms with van der Waals surface area (Å²) in [5.41, 5.74) is 6.88. The molecular weight excluding hydrogens is 261 g/mol. The van der Waals surface area contributed by atoms with Gasteiger partial charge < -0.3 is 14.9 Å². The SMILES string of the molecule is NC(=O)Oc1cccn2cc(-c3ccc(F)cc3)nc12. The summed E-state index contributed by atoms with van der Waals surface area (Å²) in [6.07, 6.45) is 2.63. The molecule has 0 aliphatic carbocycles. The molecule has 5 nitrogen and oxygen atoms in total. The van der Waals surface area contributed by atoms with Gasteiger partial charge in [-0.1, -0.05) is 0 Å². The van der Waals surface area contributed by atoms with Crippen molar-refractivity contribution in [2.24, 2.45) is 5.73 Å². The molecule has 0 spiro atoms. The summed E-state index contributed by atoms with van der Waals surface area (Å²) in [5, 5.41) is 0. The van der Waals surface area contributed by atoms with Gasteiger partial charge in [0.05, 0.1) is 5.69 Å². The van der Waals surface area contributed by atoms with Gasteiger partial charge >= 0.3 is 6.09 Å². The van der Waals surface area contributed by atoms with E-state index in [1.54, 1.807) is 41.1 Å². The van der Waals surface area contributed by atoms with Gasteiger partial charge in [0, 0.05) is 18.0 Å². The van der Waals surface area contributed by atoms with Crippen LogP contribution in [-0.2, 0) is 0 Å². The van der Waals surface area contributed by atoms with Gasteiger partial charge in [-0.3, -0.25) is 0 Å². The second-order valence-electron chi connectivity index (χ2n) is 4.16. The average molecular weight is 271 g/mol. The maximum Gasteiger partial charge on any atom is 0.410 e. The minimum atomic E-state index is -0.899. The van der Waals surface area contributed by atoms with Gasteiger partial charge in [-0.15, -0.1) is 0 Å². The second kappa shape index (κ2) is 4.65. The lowest BCUT2D eigenvalue weighted by molar-refractivity contribution is 0.211. The van der Waals surface area contributed by atoms with Crippen molar-refractivity contribution >= 4 is 11.7 Å². The number of benzene rings is 1. The number of primary amides is 1. The standard InChI is InChI=1S/C14H10FN3O2/c15-10-5-3-9(4-6-10)11-8-18-7-1-2-12(13(18)17-11)20-14(16)19/h1-8H,(H2,16,19). The highest BCUT2D eigenvalue weighted by Gasteiger charge is 2.10. The third-order valence-corrected chi connectivity index (χ3v) is 2.80. The van der Waals surface area contributed by atoms with Crippen LogP contribution in [0.2, 0.25) is 0 Å². The molecule has 1 aromatic carbocycles. The van der Waals surface area contributed by atoms with Crippen molar-refractivity contribution in [2.75, 3.05) is 0 Å². The molecule has 0 unspecified atom stereocenters. The highest BCUT2D eigenvalue weighted by molar-refractivity contribution is 5.73. The number of amides is 1. The Labute approximate surface area is 113 Å². The summed E-state index contributed by atoms with van der Waals surface area (Å²) in [4.78, 5) is 15.2. The van der Waals surface area contributed by atoms with Crippen molar-refractivity contribution in [1.29, 1.82) is 0 Å². The third-order valence-electron chi connectivity index (χ3n) is 2.80. The second-order valence-corrected chi connectivity index (χ2v) is 4.16. The van der Waals surface area contributed by atoms with Crippen molar-refractivity contribution in [3.63, 3.8) is 0 Å². The smallest absolute Gasteiger partial charge is 0.406 e. The van der Waals surface area contributed by atoms with Gasteiger partial charge in [0.2, 0.25) is 0 Å². The predicted molar refractivity (Wildman–Crippen MR) is 70.8 cm³/mol. The molecule has 0 radical (unpaired) electrons. The Hall–Kier alpha value is -2.89. The topological polar surface area (TPSA) is 69.6 Å². The number of carbonyl (C=O) groups excluding carboxylic acids is 1. The number of halogens is 1. The van der Waals surface area contributed by atoms with E-state index in [1.807, 2.05) is 0 Å². The molecule has 2 N–H and O–H groups in total. The van der Waals surface area contributed by atoms with Crippen molar-refractivity contribution in [1.82, 2.24) is 9.38 Å². The monoisotopic (exact) mass is 271 g/mol. The Morgan fingerprint density at radius 1 is 1.25 bits per heavy atom. The largest absolute Gasteiger partial charge is 0.410 e. The lowest BCUT2D eigenvalue weighted by Crippen LogP contribution is -2.16. The molecule has 3 aromatic rings. The molecule has 2 heterocycles. The Kier molecular flexibility index (Phi) is 2.83. The molecule has 1 amide bonds. The number of carbonyl (C=O) groups is 1. The van der Waals surface area contributed by atoms with Crippen LogP contribution in [0.5, 0.6) is 5.75 Å². The summed E-state index contributed by atoms with van der Waals surface area (Å²) in [5.74, 6) is -0.0383. The number of hydrogen-bond acceptors (Lipinski definition) is 3. The fourth-order valence-corrected chi connectivity index (χ4v) is 1.94. The van der Waals surface area contributed by atoms with Crippen LogP contribution in [0.1, 0.15) is 0 Å². The molecule has 20 heavy (non-hydrogen) atoms. The average Bonchev–Trinajstić information content (AvgIpc) is 2.84. The molecule has 0 saturated heterocycles. The lowest BCUT2D eigenvalue weighted by Gasteiger charge is -2.01. The minimum absolute atomic E-state index is 0.272. The number of fused-ring (bicyclic) bond motifs is 1. The molecule has 2 aromatic heterocycles. The van der Waals surface area contributed by atoms with Crippen LogP contribution in [0.3, 0.4) is 0 Å². The van der Waals surface area contributed by atoms with E-state index in [4.69, 9.17) is 10.5 Å². The van der Waals surface area contributed by atoms with E-state index in [1.165, 1.54) is 12.1 Å². The van der Waals surface area contributed by atoms with Gasteiger partial charge in [-0.25, -0.2) is 14.2 Å². The molecule has 0 fully saturated rings. The molecule has 0 saturated carbocycles. The summed E-state index contributed by atoms with van der Waals surface area (Å²) in [7, 11) is 0. The molecular formula is C14H10FN3O2. The number of nitrogens with two attached hydrogens (primary N) is 1. The first-order valence-corrected chi connectivity index (χ1v) is 5.84.